The molecule has 0 spiro atoms. The molecule has 3 N–H and O–H groups in total. The maximum Gasteiger partial charge on any atom is 0.336 e. The summed E-state index contributed by atoms with van der Waals surface area (Å²) in [6.45, 7) is 0. The molecule has 4 rings (SSSR count). The average Bonchev–Trinajstić information content (AvgIpc) is 3.10. The van der Waals surface area contributed by atoms with Crippen LogP contribution in [0.5, 0.6) is 0 Å². The highest BCUT2D eigenvalue weighted by Gasteiger charge is 2.13. The van der Waals surface area contributed by atoms with Crippen molar-refractivity contribution in [1.29, 1.82) is 0 Å². The standard InChI is InChI=1S/C22H16N2O3S/c25-21(26)17-11-10-16(13-18(17)14-6-2-1-3-7-14)23-22(28)24-20-12-15-8-4-5-9-19(15)27-20/h1-13H,(H,25,26)(H2,23,24,28). The van der Waals surface area contributed by atoms with Crippen LogP contribution in [-0.4, -0.2) is 16.2 Å². The third-order valence-corrected chi connectivity index (χ3v) is 4.46. The predicted octanol–water partition coefficient (Wildman–Crippen LogP) is 5.61. The Hall–Kier alpha value is -3.64. The second-order valence-electron chi connectivity index (χ2n) is 6.16. The number of hydrogen-bond donors (Lipinski definition) is 3. The van der Waals surface area contributed by atoms with Gasteiger partial charge in [-0.1, -0.05) is 48.5 Å². The van der Waals surface area contributed by atoms with Gasteiger partial charge >= 0.3 is 5.97 Å². The summed E-state index contributed by atoms with van der Waals surface area (Å²) in [5.74, 6) is -0.447. The number of thiocarbonyl (C=S) groups is 1. The molecule has 0 atom stereocenters. The molecule has 28 heavy (non-hydrogen) atoms. The first-order chi connectivity index (χ1) is 13.6. The molecule has 138 valence electrons. The van der Waals surface area contributed by atoms with Gasteiger partial charge in [-0.2, -0.15) is 0 Å². The van der Waals surface area contributed by atoms with Gasteiger partial charge < -0.3 is 20.2 Å². The normalized spacial score (nSPS) is 10.6. The molecule has 0 amide bonds. The first kappa shape index (κ1) is 17.8. The number of aromatic carboxylic acids is 1. The summed E-state index contributed by atoms with van der Waals surface area (Å²) in [4.78, 5) is 11.6. The van der Waals surface area contributed by atoms with E-state index >= 15 is 0 Å². The molecule has 0 aliphatic carbocycles. The number of carboxylic acid groups (broad SMARTS) is 1. The van der Waals surface area contributed by atoms with Gasteiger partial charge in [0, 0.05) is 17.1 Å². The summed E-state index contributed by atoms with van der Waals surface area (Å²) in [7, 11) is 0. The monoisotopic (exact) mass is 388 g/mol. The Balaban J connectivity index is 1.57. The Kier molecular flexibility index (Phi) is 4.78. The highest BCUT2D eigenvalue weighted by Crippen LogP contribution is 2.28. The van der Waals surface area contributed by atoms with Crippen molar-refractivity contribution < 1.29 is 14.3 Å². The molecule has 0 fully saturated rings. The van der Waals surface area contributed by atoms with E-state index in [1.54, 1.807) is 18.2 Å². The van der Waals surface area contributed by atoms with Gasteiger partial charge in [0.2, 0.25) is 0 Å². The largest absolute Gasteiger partial charge is 0.478 e. The van der Waals surface area contributed by atoms with Crippen molar-refractivity contribution in [2.75, 3.05) is 10.6 Å². The van der Waals surface area contributed by atoms with Crippen LogP contribution in [0, 0.1) is 0 Å². The number of para-hydroxylation sites is 1. The van der Waals surface area contributed by atoms with Gasteiger partial charge in [-0.3, -0.25) is 0 Å². The number of rotatable bonds is 4. The second kappa shape index (κ2) is 7.54. The van der Waals surface area contributed by atoms with Crippen molar-refractivity contribution in [2.45, 2.75) is 0 Å². The lowest BCUT2D eigenvalue weighted by Crippen LogP contribution is -2.18. The molecule has 1 heterocycles. The van der Waals surface area contributed by atoms with Crippen molar-refractivity contribution in [3.8, 4) is 11.1 Å². The van der Waals surface area contributed by atoms with Crippen molar-refractivity contribution in [2.24, 2.45) is 0 Å². The maximum atomic E-state index is 11.6. The Bertz CT molecular complexity index is 1140. The number of benzene rings is 3. The summed E-state index contributed by atoms with van der Waals surface area (Å²) < 4.78 is 5.70. The Morgan fingerprint density at radius 1 is 0.893 bits per heavy atom. The highest BCUT2D eigenvalue weighted by molar-refractivity contribution is 7.80. The molecule has 3 aromatic carbocycles. The minimum atomic E-state index is -0.978. The van der Waals surface area contributed by atoms with E-state index in [4.69, 9.17) is 16.6 Å². The second-order valence-corrected chi connectivity index (χ2v) is 6.57. The minimum Gasteiger partial charge on any atom is -0.478 e. The van der Waals surface area contributed by atoms with Gasteiger partial charge in [-0.05, 0) is 47.6 Å². The number of carboxylic acids is 1. The minimum absolute atomic E-state index is 0.230. The molecular formula is C22H16N2O3S. The third kappa shape index (κ3) is 3.72. The van der Waals surface area contributed by atoms with E-state index in [1.807, 2.05) is 60.7 Å². The number of furan rings is 1. The molecule has 1 aromatic heterocycles. The number of hydrogen-bond acceptors (Lipinski definition) is 3. The first-order valence-corrected chi connectivity index (χ1v) is 9.00. The molecule has 6 heteroatoms. The van der Waals surface area contributed by atoms with Gasteiger partial charge in [-0.25, -0.2) is 4.79 Å². The molecule has 5 nitrogen and oxygen atoms in total. The molecule has 4 aromatic rings. The van der Waals surface area contributed by atoms with Crippen LogP contribution in [0.3, 0.4) is 0 Å². The number of anilines is 2. The van der Waals surface area contributed by atoms with Gasteiger partial charge in [0.25, 0.3) is 0 Å². The SMILES string of the molecule is O=C(O)c1ccc(NC(=S)Nc2cc3ccccc3o2)cc1-c1ccccc1. The summed E-state index contributed by atoms with van der Waals surface area (Å²) >= 11 is 5.37. The molecule has 0 bridgehead atoms. The van der Waals surface area contributed by atoms with Gasteiger partial charge in [-0.15, -0.1) is 0 Å². The molecule has 0 unspecified atom stereocenters. The predicted molar refractivity (Wildman–Crippen MR) is 115 cm³/mol. The Labute approximate surface area is 166 Å². The first-order valence-electron chi connectivity index (χ1n) is 8.59. The zero-order chi connectivity index (χ0) is 19.5. The van der Waals surface area contributed by atoms with Crippen LogP contribution in [0.1, 0.15) is 10.4 Å². The van der Waals surface area contributed by atoms with Gasteiger partial charge in [0.05, 0.1) is 5.56 Å². The van der Waals surface area contributed by atoms with Crippen LogP contribution in [-0.2, 0) is 0 Å². The van der Waals surface area contributed by atoms with Crippen molar-refractivity contribution >= 4 is 45.8 Å². The highest BCUT2D eigenvalue weighted by atomic mass is 32.1. The molecule has 0 aliphatic rings. The lowest BCUT2D eigenvalue weighted by Gasteiger charge is -2.12. The summed E-state index contributed by atoms with van der Waals surface area (Å²) in [6, 6.07) is 23.9. The zero-order valence-electron chi connectivity index (χ0n) is 14.7. The number of fused-ring (bicyclic) bond motifs is 1. The fourth-order valence-electron chi connectivity index (χ4n) is 2.98. The topological polar surface area (TPSA) is 74.5 Å². The van der Waals surface area contributed by atoms with E-state index in [0.29, 0.717) is 22.2 Å². The van der Waals surface area contributed by atoms with Crippen molar-refractivity contribution in [1.82, 2.24) is 0 Å². The lowest BCUT2D eigenvalue weighted by atomic mass is 9.99. The van der Waals surface area contributed by atoms with E-state index in [1.165, 1.54) is 0 Å². The molecular weight excluding hydrogens is 372 g/mol. The summed E-state index contributed by atoms with van der Waals surface area (Å²) in [5.41, 5.74) is 3.11. The van der Waals surface area contributed by atoms with Gasteiger partial charge in [0.1, 0.15) is 5.58 Å². The number of nitrogens with one attached hydrogen (secondary N) is 2. The quantitative estimate of drug-likeness (QED) is 0.395. The zero-order valence-corrected chi connectivity index (χ0v) is 15.5. The van der Waals surface area contributed by atoms with Crippen molar-refractivity contribution in [3.05, 3.63) is 84.4 Å². The molecule has 0 radical (unpaired) electrons. The molecule has 0 saturated heterocycles. The van der Waals surface area contributed by atoms with Crippen LogP contribution in [0.25, 0.3) is 22.1 Å². The number of carbonyl (C=O) groups is 1. The van der Waals surface area contributed by atoms with Crippen LogP contribution in [0.2, 0.25) is 0 Å². The summed E-state index contributed by atoms with van der Waals surface area (Å²) in [5, 5.41) is 16.9. The van der Waals surface area contributed by atoms with Crippen LogP contribution < -0.4 is 10.6 Å². The van der Waals surface area contributed by atoms with Crippen LogP contribution in [0.15, 0.2) is 83.3 Å². The fourth-order valence-corrected chi connectivity index (χ4v) is 3.20. The fraction of sp³-hybridized carbons (Fsp3) is 0. The van der Waals surface area contributed by atoms with Crippen molar-refractivity contribution in [3.63, 3.8) is 0 Å². The van der Waals surface area contributed by atoms with E-state index in [2.05, 4.69) is 10.6 Å². The molecule has 0 saturated carbocycles. The third-order valence-electron chi connectivity index (χ3n) is 4.25. The van der Waals surface area contributed by atoms with E-state index < -0.39 is 5.97 Å². The van der Waals surface area contributed by atoms with Gasteiger partial charge in [0.15, 0.2) is 11.0 Å². The average molecular weight is 388 g/mol. The van der Waals surface area contributed by atoms with E-state index in [0.717, 1.165) is 16.5 Å². The van der Waals surface area contributed by atoms with Crippen LogP contribution in [0.4, 0.5) is 11.6 Å². The maximum absolute atomic E-state index is 11.6. The summed E-state index contributed by atoms with van der Waals surface area (Å²) in [6.07, 6.45) is 0. The Morgan fingerprint density at radius 3 is 2.39 bits per heavy atom. The van der Waals surface area contributed by atoms with Crippen LogP contribution >= 0.6 is 12.2 Å². The Morgan fingerprint density at radius 2 is 1.64 bits per heavy atom. The lowest BCUT2D eigenvalue weighted by molar-refractivity contribution is 0.0698. The van der Waals surface area contributed by atoms with E-state index in [-0.39, 0.29) is 5.56 Å². The molecule has 0 aliphatic heterocycles. The smallest absolute Gasteiger partial charge is 0.336 e. The van der Waals surface area contributed by atoms with E-state index in [9.17, 15) is 9.90 Å².